The third-order valence-corrected chi connectivity index (χ3v) is 3.34. The summed E-state index contributed by atoms with van der Waals surface area (Å²) in [7, 11) is 0. The highest BCUT2D eigenvalue weighted by Gasteiger charge is 2.07. The average Bonchev–Trinajstić information content (AvgIpc) is 2.39. The summed E-state index contributed by atoms with van der Waals surface area (Å²) in [6.45, 7) is 6.45. The monoisotopic (exact) mass is 273 g/mol. The van der Waals surface area contributed by atoms with E-state index in [9.17, 15) is 4.39 Å². The molecule has 0 aliphatic carbocycles. The van der Waals surface area contributed by atoms with Crippen LogP contribution in [0.1, 0.15) is 36.5 Å². The Balaban J connectivity index is 2.16. The van der Waals surface area contributed by atoms with Crippen molar-refractivity contribution in [3.63, 3.8) is 0 Å². The van der Waals surface area contributed by atoms with Crippen molar-refractivity contribution in [2.75, 3.05) is 5.73 Å². The Morgan fingerprint density at radius 2 is 1.90 bits per heavy atom. The van der Waals surface area contributed by atoms with Crippen LogP contribution in [-0.2, 0) is 6.61 Å². The van der Waals surface area contributed by atoms with E-state index in [-0.39, 0.29) is 12.4 Å². The van der Waals surface area contributed by atoms with Gasteiger partial charge in [0.1, 0.15) is 18.2 Å². The zero-order valence-electron chi connectivity index (χ0n) is 12.1. The summed E-state index contributed by atoms with van der Waals surface area (Å²) in [5.74, 6) is 0.904. The van der Waals surface area contributed by atoms with Crippen LogP contribution in [0.2, 0.25) is 0 Å². The molecule has 0 saturated heterocycles. The molecule has 2 nitrogen and oxygen atoms in total. The lowest BCUT2D eigenvalue weighted by atomic mass is 10.0. The molecule has 0 spiro atoms. The quantitative estimate of drug-likeness (QED) is 0.837. The minimum Gasteiger partial charge on any atom is -0.489 e. The second kappa shape index (κ2) is 5.95. The SMILES string of the molecule is Cc1ccc(C(C)C)cc1OCc1ccc(N)cc1F. The Morgan fingerprint density at radius 3 is 2.55 bits per heavy atom. The van der Waals surface area contributed by atoms with Crippen LogP contribution >= 0.6 is 0 Å². The third-order valence-electron chi connectivity index (χ3n) is 3.34. The molecule has 0 bridgehead atoms. The number of anilines is 1. The molecule has 0 aromatic heterocycles. The molecule has 0 amide bonds. The highest BCUT2D eigenvalue weighted by atomic mass is 19.1. The van der Waals surface area contributed by atoms with Gasteiger partial charge in [0.2, 0.25) is 0 Å². The van der Waals surface area contributed by atoms with E-state index in [1.165, 1.54) is 11.6 Å². The molecule has 0 heterocycles. The fraction of sp³-hybridized carbons (Fsp3) is 0.294. The molecular formula is C17H20FNO. The molecule has 2 rings (SSSR count). The minimum absolute atomic E-state index is 0.203. The number of nitrogens with two attached hydrogens (primary N) is 1. The van der Waals surface area contributed by atoms with Gasteiger partial charge in [-0.15, -0.1) is 0 Å². The molecule has 106 valence electrons. The predicted molar refractivity (Wildman–Crippen MR) is 80.4 cm³/mol. The van der Waals surface area contributed by atoms with E-state index in [1.807, 2.05) is 19.1 Å². The first kappa shape index (κ1) is 14.4. The highest BCUT2D eigenvalue weighted by Crippen LogP contribution is 2.25. The van der Waals surface area contributed by atoms with Crippen molar-refractivity contribution in [3.8, 4) is 5.75 Å². The molecule has 2 N–H and O–H groups in total. The maximum atomic E-state index is 13.7. The van der Waals surface area contributed by atoms with Gasteiger partial charge in [-0.05, 0) is 42.2 Å². The van der Waals surface area contributed by atoms with Crippen LogP contribution in [0.4, 0.5) is 10.1 Å². The van der Waals surface area contributed by atoms with Crippen molar-refractivity contribution >= 4 is 5.69 Å². The lowest BCUT2D eigenvalue weighted by molar-refractivity contribution is 0.297. The minimum atomic E-state index is -0.331. The van der Waals surface area contributed by atoms with E-state index in [0.717, 1.165) is 11.3 Å². The number of aryl methyl sites for hydroxylation is 1. The van der Waals surface area contributed by atoms with Gasteiger partial charge in [0.25, 0.3) is 0 Å². The summed E-state index contributed by atoms with van der Waals surface area (Å²) in [6, 6.07) is 10.8. The van der Waals surface area contributed by atoms with Gasteiger partial charge in [-0.2, -0.15) is 0 Å². The van der Waals surface area contributed by atoms with Crippen LogP contribution in [0.5, 0.6) is 5.75 Å². The fourth-order valence-electron chi connectivity index (χ4n) is 1.97. The van der Waals surface area contributed by atoms with Gasteiger partial charge in [0, 0.05) is 11.3 Å². The van der Waals surface area contributed by atoms with Crippen molar-refractivity contribution in [1.29, 1.82) is 0 Å². The van der Waals surface area contributed by atoms with Crippen LogP contribution in [-0.4, -0.2) is 0 Å². The van der Waals surface area contributed by atoms with Crippen molar-refractivity contribution in [2.45, 2.75) is 33.3 Å². The first-order valence-electron chi connectivity index (χ1n) is 6.74. The highest BCUT2D eigenvalue weighted by molar-refractivity contribution is 5.41. The lowest BCUT2D eigenvalue weighted by Gasteiger charge is -2.13. The number of rotatable bonds is 4. The van der Waals surface area contributed by atoms with Gasteiger partial charge in [-0.3, -0.25) is 0 Å². The Morgan fingerprint density at radius 1 is 1.15 bits per heavy atom. The van der Waals surface area contributed by atoms with E-state index < -0.39 is 0 Å². The van der Waals surface area contributed by atoms with Gasteiger partial charge < -0.3 is 10.5 Å². The molecular weight excluding hydrogens is 253 g/mol. The maximum absolute atomic E-state index is 13.7. The van der Waals surface area contributed by atoms with Crippen molar-refractivity contribution in [3.05, 3.63) is 58.9 Å². The topological polar surface area (TPSA) is 35.2 Å². The Labute approximate surface area is 119 Å². The normalized spacial score (nSPS) is 10.8. The third kappa shape index (κ3) is 3.29. The van der Waals surface area contributed by atoms with Crippen LogP contribution in [0.25, 0.3) is 0 Å². The fourth-order valence-corrected chi connectivity index (χ4v) is 1.97. The van der Waals surface area contributed by atoms with Crippen molar-refractivity contribution in [2.24, 2.45) is 0 Å². The van der Waals surface area contributed by atoms with Crippen LogP contribution in [0, 0.1) is 12.7 Å². The summed E-state index contributed by atoms with van der Waals surface area (Å²) in [6.07, 6.45) is 0. The summed E-state index contributed by atoms with van der Waals surface area (Å²) >= 11 is 0. The van der Waals surface area contributed by atoms with Gasteiger partial charge in [0.05, 0.1) is 0 Å². The Bertz CT molecular complexity index is 608. The number of benzene rings is 2. The van der Waals surface area contributed by atoms with E-state index in [1.54, 1.807) is 12.1 Å². The number of hydrogen-bond acceptors (Lipinski definition) is 2. The van der Waals surface area contributed by atoms with Crippen molar-refractivity contribution in [1.82, 2.24) is 0 Å². The summed E-state index contributed by atoms with van der Waals surface area (Å²) < 4.78 is 19.5. The molecule has 0 fully saturated rings. The zero-order valence-corrected chi connectivity index (χ0v) is 12.1. The lowest BCUT2D eigenvalue weighted by Crippen LogP contribution is -2.01. The molecule has 3 heteroatoms. The number of hydrogen-bond donors (Lipinski definition) is 1. The standard InChI is InChI=1S/C17H20FNO/c1-11(2)13-5-4-12(3)17(8-13)20-10-14-6-7-15(19)9-16(14)18/h4-9,11H,10,19H2,1-3H3. The molecule has 2 aromatic rings. The Kier molecular flexibility index (Phi) is 4.28. The van der Waals surface area contributed by atoms with E-state index >= 15 is 0 Å². The number of halogens is 1. The van der Waals surface area contributed by atoms with Crippen molar-refractivity contribution < 1.29 is 9.13 Å². The largest absolute Gasteiger partial charge is 0.489 e. The molecule has 0 aliphatic rings. The summed E-state index contributed by atoms with van der Waals surface area (Å²) in [5, 5.41) is 0. The second-order valence-corrected chi connectivity index (χ2v) is 5.32. The summed E-state index contributed by atoms with van der Waals surface area (Å²) in [4.78, 5) is 0. The molecule has 0 atom stereocenters. The molecule has 0 saturated carbocycles. The zero-order chi connectivity index (χ0) is 14.7. The first-order valence-corrected chi connectivity index (χ1v) is 6.74. The average molecular weight is 273 g/mol. The molecule has 0 aliphatic heterocycles. The second-order valence-electron chi connectivity index (χ2n) is 5.32. The molecule has 0 radical (unpaired) electrons. The summed E-state index contributed by atoms with van der Waals surface area (Å²) in [5.41, 5.74) is 8.72. The van der Waals surface area contributed by atoms with Gasteiger partial charge in [-0.1, -0.05) is 32.0 Å². The molecule has 0 unspecified atom stereocenters. The van der Waals surface area contributed by atoms with Gasteiger partial charge >= 0.3 is 0 Å². The molecule has 20 heavy (non-hydrogen) atoms. The van der Waals surface area contributed by atoms with E-state index in [4.69, 9.17) is 10.5 Å². The van der Waals surface area contributed by atoms with Crippen LogP contribution in [0.15, 0.2) is 36.4 Å². The number of nitrogen functional groups attached to an aromatic ring is 1. The van der Waals surface area contributed by atoms with Gasteiger partial charge in [-0.25, -0.2) is 4.39 Å². The Hall–Kier alpha value is -2.03. The van der Waals surface area contributed by atoms with Crippen LogP contribution < -0.4 is 10.5 Å². The number of ether oxygens (including phenoxy) is 1. The maximum Gasteiger partial charge on any atom is 0.131 e. The van der Waals surface area contributed by atoms with E-state index in [2.05, 4.69) is 19.9 Å². The molecule has 2 aromatic carbocycles. The van der Waals surface area contributed by atoms with E-state index in [0.29, 0.717) is 17.2 Å². The van der Waals surface area contributed by atoms with Crippen LogP contribution in [0.3, 0.4) is 0 Å². The first-order chi connectivity index (χ1) is 9.47. The smallest absolute Gasteiger partial charge is 0.131 e. The predicted octanol–water partition coefficient (Wildman–Crippen LogP) is 4.42. The van der Waals surface area contributed by atoms with Gasteiger partial charge in [0.15, 0.2) is 0 Å².